The van der Waals surface area contributed by atoms with E-state index < -0.39 is 0 Å². The minimum absolute atomic E-state index is 0.130. The van der Waals surface area contributed by atoms with Crippen LogP contribution in [-0.2, 0) is 18.4 Å². The minimum atomic E-state index is -0.130. The molecule has 1 unspecified atom stereocenters. The lowest BCUT2D eigenvalue weighted by molar-refractivity contribution is 0.353. The monoisotopic (exact) mass is 428 g/mol. The lowest BCUT2D eigenvalue weighted by Gasteiger charge is -2.29. The molecule has 0 radical (unpaired) electrons. The van der Waals surface area contributed by atoms with Crippen LogP contribution in [0.15, 0.2) is 23.2 Å². The number of hydrogen-bond acceptors (Lipinski definition) is 5. The highest BCUT2D eigenvalue weighted by Crippen LogP contribution is 2.32. The van der Waals surface area contributed by atoms with E-state index in [2.05, 4.69) is 59.5 Å². The molecule has 8 heteroatoms. The molecule has 2 heterocycles. The summed E-state index contributed by atoms with van der Waals surface area (Å²) in [6, 6.07) is 6.34. The number of ether oxygens (including phenoxy) is 2. The van der Waals surface area contributed by atoms with Gasteiger partial charge < -0.3 is 20.1 Å². The molecule has 0 amide bonds. The lowest BCUT2D eigenvalue weighted by Crippen LogP contribution is -2.49. The minimum Gasteiger partial charge on any atom is -0.493 e. The van der Waals surface area contributed by atoms with E-state index >= 15 is 0 Å². The molecule has 1 aromatic heterocycles. The van der Waals surface area contributed by atoms with Gasteiger partial charge in [-0.3, -0.25) is 4.99 Å². The fourth-order valence-electron chi connectivity index (χ4n) is 3.74. The standard InChI is InChI=1S/C23H36N6O2/c1-15(2)21-27-20-11-9-17(13-29(20)28-21)26-22(24-5)25-14-23(3,4)16-8-10-18(30-6)19(12-16)31-7/h8,10,12,15,17H,9,11,13-14H2,1-7H3,(H2,24,25,26). The van der Waals surface area contributed by atoms with Gasteiger partial charge >= 0.3 is 0 Å². The van der Waals surface area contributed by atoms with Crippen molar-refractivity contribution in [3.05, 3.63) is 35.4 Å². The molecule has 1 atom stereocenters. The van der Waals surface area contributed by atoms with Gasteiger partial charge in [0.25, 0.3) is 0 Å². The zero-order valence-electron chi connectivity index (χ0n) is 19.8. The quantitative estimate of drug-likeness (QED) is 0.521. The van der Waals surface area contributed by atoms with Gasteiger partial charge in [-0.05, 0) is 24.1 Å². The molecule has 0 bridgehead atoms. The summed E-state index contributed by atoms with van der Waals surface area (Å²) in [5, 5.41) is 11.7. The Morgan fingerprint density at radius 1 is 1.26 bits per heavy atom. The summed E-state index contributed by atoms with van der Waals surface area (Å²) in [6.07, 6.45) is 1.93. The maximum absolute atomic E-state index is 5.47. The first-order chi connectivity index (χ1) is 14.8. The molecule has 2 N–H and O–H groups in total. The summed E-state index contributed by atoms with van der Waals surface area (Å²) in [5.74, 6) is 4.62. The molecule has 0 saturated carbocycles. The zero-order chi connectivity index (χ0) is 22.6. The van der Waals surface area contributed by atoms with Crippen LogP contribution < -0.4 is 20.1 Å². The average molecular weight is 429 g/mol. The van der Waals surface area contributed by atoms with Gasteiger partial charge in [0.15, 0.2) is 23.3 Å². The third-order valence-corrected chi connectivity index (χ3v) is 5.82. The van der Waals surface area contributed by atoms with Gasteiger partial charge in [-0.1, -0.05) is 33.8 Å². The Bertz CT molecular complexity index is 919. The van der Waals surface area contributed by atoms with Crippen LogP contribution in [0, 0.1) is 0 Å². The Hall–Kier alpha value is -2.77. The number of rotatable bonds is 7. The van der Waals surface area contributed by atoms with Crippen molar-refractivity contribution in [3.8, 4) is 11.5 Å². The number of aliphatic imine (C=N–C) groups is 1. The highest BCUT2D eigenvalue weighted by atomic mass is 16.5. The molecule has 8 nitrogen and oxygen atoms in total. The van der Waals surface area contributed by atoms with Gasteiger partial charge in [0.05, 0.1) is 20.8 Å². The third kappa shape index (κ3) is 5.29. The van der Waals surface area contributed by atoms with Crippen molar-refractivity contribution in [3.63, 3.8) is 0 Å². The average Bonchev–Trinajstić information content (AvgIpc) is 3.20. The number of fused-ring (bicyclic) bond motifs is 1. The number of benzene rings is 1. The van der Waals surface area contributed by atoms with E-state index in [-0.39, 0.29) is 11.5 Å². The van der Waals surface area contributed by atoms with Crippen molar-refractivity contribution >= 4 is 5.96 Å². The Labute approximate surface area is 185 Å². The van der Waals surface area contributed by atoms with Crippen molar-refractivity contribution in [2.75, 3.05) is 27.8 Å². The molecule has 1 aliphatic rings. The summed E-state index contributed by atoms with van der Waals surface area (Å²) in [5.41, 5.74) is 1.04. The van der Waals surface area contributed by atoms with Crippen LogP contribution in [-0.4, -0.2) is 54.6 Å². The van der Waals surface area contributed by atoms with E-state index in [1.165, 1.54) is 5.56 Å². The molecular formula is C23H36N6O2. The number of nitrogens with zero attached hydrogens (tertiary/aromatic N) is 4. The number of methoxy groups -OCH3 is 2. The van der Waals surface area contributed by atoms with E-state index in [0.717, 1.165) is 55.0 Å². The maximum atomic E-state index is 5.47. The summed E-state index contributed by atoms with van der Waals surface area (Å²) >= 11 is 0. The second-order valence-electron chi connectivity index (χ2n) is 8.98. The van der Waals surface area contributed by atoms with Gasteiger partial charge in [-0.25, -0.2) is 9.67 Å². The summed E-state index contributed by atoms with van der Waals surface area (Å²) in [6.45, 7) is 10.2. The van der Waals surface area contributed by atoms with E-state index in [0.29, 0.717) is 5.92 Å². The molecular weight excluding hydrogens is 392 g/mol. The van der Waals surface area contributed by atoms with Crippen molar-refractivity contribution in [1.82, 2.24) is 25.4 Å². The van der Waals surface area contributed by atoms with Gasteiger partial charge in [0.2, 0.25) is 0 Å². The van der Waals surface area contributed by atoms with Crippen LogP contribution in [0.25, 0.3) is 0 Å². The first-order valence-electron chi connectivity index (χ1n) is 10.9. The van der Waals surface area contributed by atoms with Crippen LogP contribution in [0.3, 0.4) is 0 Å². The Kier molecular flexibility index (Phi) is 7.08. The summed E-state index contributed by atoms with van der Waals surface area (Å²) < 4.78 is 12.9. The van der Waals surface area contributed by atoms with Crippen molar-refractivity contribution in [2.45, 2.75) is 64.5 Å². The first-order valence-corrected chi connectivity index (χ1v) is 10.9. The number of hydrogen-bond donors (Lipinski definition) is 2. The highest BCUT2D eigenvalue weighted by molar-refractivity contribution is 5.80. The molecule has 3 rings (SSSR count). The second kappa shape index (κ2) is 9.58. The normalized spacial score (nSPS) is 16.8. The SMILES string of the molecule is CN=C(NCC(C)(C)c1ccc(OC)c(OC)c1)NC1CCc2nc(C(C)C)nn2C1. The number of aryl methyl sites for hydroxylation is 1. The largest absolute Gasteiger partial charge is 0.493 e. The van der Waals surface area contributed by atoms with Gasteiger partial charge in [-0.15, -0.1) is 0 Å². The molecule has 0 aliphatic carbocycles. The van der Waals surface area contributed by atoms with Crippen molar-refractivity contribution < 1.29 is 9.47 Å². The van der Waals surface area contributed by atoms with Crippen LogP contribution in [0.5, 0.6) is 11.5 Å². The van der Waals surface area contributed by atoms with Gasteiger partial charge in [0.1, 0.15) is 5.82 Å². The topological polar surface area (TPSA) is 85.6 Å². The van der Waals surface area contributed by atoms with E-state index in [1.54, 1.807) is 21.3 Å². The van der Waals surface area contributed by atoms with Crippen LogP contribution in [0.2, 0.25) is 0 Å². The van der Waals surface area contributed by atoms with E-state index in [1.807, 2.05) is 16.8 Å². The number of guanidine groups is 1. The molecule has 0 spiro atoms. The van der Waals surface area contributed by atoms with Gasteiger partial charge in [-0.2, -0.15) is 5.10 Å². The maximum Gasteiger partial charge on any atom is 0.191 e. The lowest BCUT2D eigenvalue weighted by atomic mass is 9.84. The predicted molar refractivity (Wildman–Crippen MR) is 123 cm³/mol. The van der Waals surface area contributed by atoms with Crippen LogP contribution in [0.4, 0.5) is 0 Å². The Morgan fingerprint density at radius 3 is 2.65 bits per heavy atom. The van der Waals surface area contributed by atoms with E-state index in [9.17, 15) is 0 Å². The molecule has 2 aromatic rings. The van der Waals surface area contributed by atoms with Crippen molar-refractivity contribution in [2.24, 2.45) is 4.99 Å². The molecule has 0 fully saturated rings. The molecule has 1 aromatic carbocycles. The first kappa shape index (κ1) is 22.9. The number of aromatic nitrogens is 3. The highest BCUT2D eigenvalue weighted by Gasteiger charge is 2.25. The van der Waals surface area contributed by atoms with Crippen LogP contribution >= 0.6 is 0 Å². The number of nitrogens with one attached hydrogen (secondary N) is 2. The smallest absolute Gasteiger partial charge is 0.191 e. The van der Waals surface area contributed by atoms with Crippen LogP contribution in [0.1, 0.15) is 57.2 Å². The molecule has 170 valence electrons. The van der Waals surface area contributed by atoms with Crippen molar-refractivity contribution in [1.29, 1.82) is 0 Å². The molecule has 1 aliphatic heterocycles. The molecule has 0 saturated heterocycles. The molecule has 31 heavy (non-hydrogen) atoms. The Balaban J connectivity index is 1.61. The fraction of sp³-hybridized carbons (Fsp3) is 0.609. The van der Waals surface area contributed by atoms with Gasteiger partial charge in [0, 0.05) is 37.4 Å². The Morgan fingerprint density at radius 2 is 2.00 bits per heavy atom. The second-order valence-corrected chi connectivity index (χ2v) is 8.98. The summed E-state index contributed by atoms with van der Waals surface area (Å²) in [7, 11) is 5.11. The zero-order valence-corrected chi connectivity index (χ0v) is 19.8. The third-order valence-electron chi connectivity index (χ3n) is 5.82. The van der Waals surface area contributed by atoms with E-state index in [4.69, 9.17) is 9.47 Å². The fourth-order valence-corrected chi connectivity index (χ4v) is 3.74. The summed E-state index contributed by atoms with van der Waals surface area (Å²) in [4.78, 5) is 9.11. The predicted octanol–water partition coefficient (Wildman–Crippen LogP) is 2.88.